The van der Waals surface area contributed by atoms with Crippen molar-refractivity contribution in [2.75, 3.05) is 24.9 Å². The van der Waals surface area contributed by atoms with Gasteiger partial charge >= 0.3 is 0 Å². The van der Waals surface area contributed by atoms with Crippen LogP contribution in [0.1, 0.15) is 16.1 Å². The van der Waals surface area contributed by atoms with Crippen LogP contribution in [-0.4, -0.2) is 25.1 Å². The van der Waals surface area contributed by atoms with E-state index < -0.39 is 0 Å². The third-order valence-corrected chi connectivity index (χ3v) is 3.97. The summed E-state index contributed by atoms with van der Waals surface area (Å²) in [6.45, 7) is 0.595. The molecule has 2 N–H and O–H groups in total. The van der Waals surface area contributed by atoms with Crippen LogP contribution in [-0.2, 0) is 6.54 Å². The maximum Gasteiger partial charge on any atom is 0.274 e. The molecule has 27 heavy (non-hydrogen) atoms. The lowest BCUT2D eigenvalue weighted by molar-refractivity contribution is 0.102. The minimum Gasteiger partial charge on any atom is -0.493 e. The molecule has 0 unspecified atom stereocenters. The van der Waals surface area contributed by atoms with Gasteiger partial charge in [0, 0.05) is 12.2 Å². The Bertz CT molecular complexity index is 896. The van der Waals surface area contributed by atoms with Crippen molar-refractivity contribution in [3.8, 4) is 11.5 Å². The predicted molar refractivity (Wildman–Crippen MR) is 106 cm³/mol. The number of aromatic nitrogens is 1. The van der Waals surface area contributed by atoms with Crippen LogP contribution in [0.5, 0.6) is 11.5 Å². The van der Waals surface area contributed by atoms with Crippen molar-refractivity contribution in [1.29, 1.82) is 0 Å². The lowest BCUT2D eigenvalue weighted by atomic mass is 10.2. The molecule has 2 aromatic carbocycles. The molecule has 6 heteroatoms. The van der Waals surface area contributed by atoms with Gasteiger partial charge in [0.2, 0.25) is 0 Å². The SMILES string of the molecule is COc1ccc(CNc2ccc(C(=O)Nc3ccccc3)nc2)cc1OC. The number of anilines is 2. The van der Waals surface area contributed by atoms with Gasteiger partial charge in [0.25, 0.3) is 5.91 Å². The summed E-state index contributed by atoms with van der Waals surface area (Å²) in [5.41, 5.74) is 2.95. The van der Waals surface area contributed by atoms with E-state index in [4.69, 9.17) is 9.47 Å². The van der Waals surface area contributed by atoms with Crippen molar-refractivity contribution in [2.24, 2.45) is 0 Å². The monoisotopic (exact) mass is 363 g/mol. The van der Waals surface area contributed by atoms with Crippen molar-refractivity contribution in [2.45, 2.75) is 6.54 Å². The van der Waals surface area contributed by atoms with Gasteiger partial charge in [-0.25, -0.2) is 4.98 Å². The summed E-state index contributed by atoms with van der Waals surface area (Å²) < 4.78 is 10.5. The minimum absolute atomic E-state index is 0.243. The third kappa shape index (κ3) is 4.76. The zero-order valence-electron chi connectivity index (χ0n) is 15.2. The molecule has 1 amide bonds. The maximum atomic E-state index is 12.2. The molecule has 0 saturated heterocycles. The Hall–Kier alpha value is -3.54. The highest BCUT2D eigenvalue weighted by Crippen LogP contribution is 2.27. The fourth-order valence-corrected chi connectivity index (χ4v) is 2.54. The number of pyridine rings is 1. The van der Waals surface area contributed by atoms with E-state index in [0.29, 0.717) is 23.7 Å². The topological polar surface area (TPSA) is 72.5 Å². The van der Waals surface area contributed by atoms with Gasteiger partial charge in [0.15, 0.2) is 11.5 Å². The lowest BCUT2D eigenvalue weighted by Crippen LogP contribution is -2.13. The molecule has 0 bridgehead atoms. The highest BCUT2D eigenvalue weighted by Gasteiger charge is 2.08. The van der Waals surface area contributed by atoms with Crippen LogP contribution in [0.4, 0.5) is 11.4 Å². The van der Waals surface area contributed by atoms with E-state index in [-0.39, 0.29) is 5.91 Å². The van der Waals surface area contributed by atoms with Gasteiger partial charge in [-0.1, -0.05) is 24.3 Å². The Morgan fingerprint density at radius 1 is 0.926 bits per heavy atom. The van der Waals surface area contributed by atoms with Crippen molar-refractivity contribution >= 4 is 17.3 Å². The Labute approximate surface area is 158 Å². The summed E-state index contributed by atoms with van der Waals surface area (Å²) in [5, 5.41) is 6.09. The summed E-state index contributed by atoms with van der Waals surface area (Å²) in [5.74, 6) is 1.13. The molecule has 1 heterocycles. The molecule has 0 aliphatic carbocycles. The second kappa shape index (κ2) is 8.71. The van der Waals surface area contributed by atoms with Crippen LogP contribution in [0, 0.1) is 0 Å². The van der Waals surface area contributed by atoms with Gasteiger partial charge in [-0.15, -0.1) is 0 Å². The Balaban J connectivity index is 1.60. The zero-order chi connectivity index (χ0) is 19.1. The van der Waals surface area contributed by atoms with E-state index in [1.807, 2.05) is 54.6 Å². The molecule has 3 rings (SSSR count). The van der Waals surface area contributed by atoms with Crippen molar-refractivity contribution < 1.29 is 14.3 Å². The summed E-state index contributed by atoms with van der Waals surface area (Å²) in [6, 6.07) is 18.5. The van der Waals surface area contributed by atoms with Crippen LogP contribution in [0.2, 0.25) is 0 Å². The number of nitrogens with one attached hydrogen (secondary N) is 2. The maximum absolute atomic E-state index is 12.2. The molecule has 0 aliphatic heterocycles. The number of nitrogens with zero attached hydrogens (tertiary/aromatic N) is 1. The number of amides is 1. The third-order valence-electron chi connectivity index (χ3n) is 3.97. The standard InChI is InChI=1S/C21H21N3O3/c1-26-19-11-8-15(12-20(19)27-2)13-22-17-9-10-18(23-14-17)21(25)24-16-6-4-3-5-7-16/h3-12,14,22H,13H2,1-2H3,(H,24,25). The summed E-state index contributed by atoms with van der Waals surface area (Å²) in [4.78, 5) is 16.4. The fourth-order valence-electron chi connectivity index (χ4n) is 2.54. The number of methoxy groups -OCH3 is 2. The molecular weight excluding hydrogens is 342 g/mol. The number of benzene rings is 2. The molecular formula is C21H21N3O3. The van der Waals surface area contributed by atoms with Gasteiger partial charge in [-0.05, 0) is 42.0 Å². The van der Waals surface area contributed by atoms with Crippen LogP contribution in [0.25, 0.3) is 0 Å². The van der Waals surface area contributed by atoms with Gasteiger partial charge < -0.3 is 20.1 Å². The lowest BCUT2D eigenvalue weighted by Gasteiger charge is -2.11. The van der Waals surface area contributed by atoms with E-state index >= 15 is 0 Å². The van der Waals surface area contributed by atoms with E-state index in [0.717, 1.165) is 16.9 Å². The summed E-state index contributed by atoms with van der Waals surface area (Å²) in [7, 11) is 3.22. The molecule has 138 valence electrons. The molecule has 3 aromatic rings. The Kier molecular flexibility index (Phi) is 5.89. The van der Waals surface area contributed by atoms with Crippen LogP contribution in [0.3, 0.4) is 0 Å². The number of rotatable bonds is 7. The van der Waals surface area contributed by atoms with Crippen LogP contribution >= 0.6 is 0 Å². The molecule has 0 fully saturated rings. The second-order valence-electron chi connectivity index (χ2n) is 5.80. The molecule has 0 saturated carbocycles. The van der Waals surface area contributed by atoms with Crippen molar-refractivity contribution in [1.82, 2.24) is 4.98 Å². The molecule has 0 spiro atoms. The van der Waals surface area contributed by atoms with E-state index in [1.54, 1.807) is 26.5 Å². The number of hydrogen-bond acceptors (Lipinski definition) is 5. The van der Waals surface area contributed by atoms with Gasteiger partial charge in [-0.3, -0.25) is 4.79 Å². The normalized spacial score (nSPS) is 10.1. The van der Waals surface area contributed by atoms with E-state index in [9.17, 15) is 4.79 Å². The Morgan fingerprint density at radius 3 is 2.37 bits per heavy atom. The quantitative estimate of drug-likeness (QED) is 0.665. The van der Waals surface area contributed by atoms with Gasteiger partial charge in [0.05, 0.1) is 26.1 Å². The molecule has 0 radical (unpaired) electrons. The van der Waals surface area contributed by atoms with Gasteiger partial charge in [-0.2, -0.15) is 0 Å². The number of carbonyl (C=O) groups is 1. The van der Waals surface area contributed by atoms with Crippen LogP contribution < -0.4 is 20.1 Å². The molecule has 0 atom stereocenters. The highest BCUT2D eigenvalue weighted by molar-refractivity contribution is 6.02. The van der Waals surface area contributed by atoms with E-state index in [1.165, 1.54) is 0 Å². The first kappa shape index (κ1) is 18.3. The van der Waals surface area contributed by atoms with Crippen LogP contribution in [0.15, 0.2) is 66.9 Å². The average Bonchev–Trinajstić information content (AvgIpc) is 2.73. The number of hydrogen-bond donors (Lipinski definition) is 2. The minimum atomic E-state index is -0.243. The fraction of sp³-hybridized carbons (Fsp3) is 0.143. The van der Waals surface area contributed by atoms with Crippen molar-refractivity contribution in [3.63, 3.8) is 0 Å². The first-order chi connectivity index (χ1) is 13.2. The zero-order valence-corrected chi connectivity index (χ0v) is 15.2. The highest BCUT2D eigenvalue weighted by atomic mass is 16.5. The predicted octanol–water partition coefficient (Wildman–Crippen LogP) is 3.96. The van der Waals surface area contributed by atoms with Crippen molar-refractivity contribution in [3.05, 3.63) is 78.1 Å². The smallest absolute Gasteiger partial charge is 0.274 e. The first-order valence-corrected chi connectivity index (χ1v) is 8.47. The van der Waals surface area contributed by atoms with Gasteiger partial charge in [0.1, 0.15) is 5.69 Å². The summed E-state index contributed by atoms with van der Waals surface area (Å²) >= 11 is 0. The number of para-hydroxylation sites is 1. The molecule has 0 aliphatic rings. The Morgan fingerprint density at radius 2 is 1.70 bits per heavy atom. The summed E-state index contributed by atoms with van der Waals surface area (Å²) in [6.07, 6.45) is 1.64. The number of ether oxygens (including phenoxy) is 2. The largest absolute Gasteiger partial charge is 0.493 e. The average molecular weight is 363 g/mol. The van der Waals surface area contributed by atoms with E-state index in [2.05, 4.69) is 15.6 Å². The number of carbonyl (C=O) groups excluding carboxylic acids is 1. The first-order valence-electron chi connectivity index (χ1n) is 8.47. The molecule has 1 aromatic heterocycles. The second-order valence-corrected chi connectivity index (χ2v) is 5.80. The molecule has 6 nitrogen and oxygen atoms in total.